The first-order valence-electron chi connectivity index (χ1n) is 9.66. The van der Waals surface area contributed by atoms with Crippen molar-refractivity contribution < 1.29 is 4.80 Å². The van der Waals surface area contributed by atoms with Crippen molar-refractivity contribution in [2.24, 2.45) is 0 Å². The highest BCUT2D eigenvalue weighted by atomic mass is 32.1. The van der Waals surface area contributed by atoms with Gasteiger partial charge in [-0.3, -0.25) is 0 Å². The summed E-state index contributed by atoms with van der Waals surface area (Å²) < 4.78 is 1.12. The summed E-state index contributed by atoms with van der Waals surface area (Å²) in [5.41, 5.74) is 2.88. The average Bonchev–Trinajstić information content (AvgIpc) is 3.44. The van der Waals surface area contributed by atoms with Gasteiger partial charge in [-0.2, -0.15) is 0 Å². The van der Waals surface area contributed by atoms with Crippen molar-refractivity contribution in [1.82, 2.24) is 20.0 Å². The zero-order valence-electron chi connectivity index (χ0n) is 15.9. The lowest BCUT2D eigenvalue weighted by atomic mass is 10.1. The van der Waals surface area contributed by atoms with Crippen LogP contribution in [0.3, 0.4) is 0 Å². The Morgan fingerprint density at radius 1 is 0.733 bits per heavy atom. The molecule has 30 heavy (non-hydrogen) atoms. The van der Waals surface area contributed by atoms with Gasteiger partial charge in [0, 0.05) is 16.0 Å². The van der Waals surface area contributed by atoms with Crippen LogP contribution in [0.4, 0.5) is 0 Å². The zero-order chi connectivity index (χ0) is 19.9. The minimum absolute atomic E-state index is 0.655. The summed E-state index contributed by atoms with van der Waals surface area (Å²) in [7, 11) is 0. The summed E-state index contributed by atoms with van der Waals surface area (Å²) in [6.45, 7) is 0. The quantitative estimate of drug-likeness (QED) is 0.390. The number of tetrazole rings is 1. The molecule has 0 aliphatic carbocycles. The second-order valence-corrected chi connectivity index (χ2v) is 7.94. The van der Waals surface area contributed by atoms with E-state index in [-0.39, 0.29) is 0 Å². The molecular formula is C24H16N5S+. The van der Waals surface area contributed by atoms with E-state index in [1.807, 2.05) is 71.5 Å². The lowest BCUT2D eigenvalue weighted by molar-refractivity contribution is -0.733. The molecule has 142 valence electrons. The van der Waals surface area contributed by atoms with E-state index in [9.17, 15) is 0 Å². The van der Waals surface area contributed by atoms with Gasteiger partial charge in [0.25, 0.3) is 5.82 Å². The van der Waals surface area contributed by atoms with E-state index >= 15 is 0 Å². The van der Waals surface area contributed by atoms with E-state index in [2.05, 4.69) is 30.3 Å². The summed E-state index contributed by atoms with van der Waals surface area (Å²) >= 11 is 1.60. The predicted molar refractivity (Wildman–Crippen MR) is 119 cm³/mol. The fourth-order valence-electron chi connectivity index (χ4n) is 3.59. The van der Waals surface area contributed by atoms with Crippen molar-refractivity contribution in [3.8, 4) is 22.2 Å². The molecule has 0 N–H and O–H groups in total. The summed E-state index contributed by atoms with van der Waals surface area (Å²) in [6.07, 6.45) is 0. The van der Waals surface area contributed by atoms with Crippen molar-refractivity contribution in [1.29, 1.82) is 0 Å². The third-order valence-corrected chi connectivity index (χ3v) is 6.03. The van der Waals surface area contributed by atoms with Crippen LogP contribution >= 0.6 is 11.3 Å². The minimum atomic E-state index is 0.655. The summed E-state index contributed by atoms with van der Waals surface area (Å²) in [5.74, 6) is 0.655. The van der Waals surface area contributed by atoms with E-state index in [0.717, 1.165) is 37.4 Å². The lowest BCUT2D eigenvalue weighted by Crippen LogP contribution is -2.43. The molecule has 0 unspecified atom stereocenters. The van der Waals surface area contributed by atoms with Gasteiger partial charge in [-0.15, -0.1) is 0 Å². The molecule has 0 amide bonds. The second kappa shape index (κ2) is 6.86. The third-order valence-electron chi connectivity index (χ3n) is 5.03. The first-order valence-corrected chi connectivity index (χ1v) is 10.5. The molecule has 0 saturated carbocycles. The molecule has 0 radical (unpaired) electrons. The van der Waals surface area contributed by atoms with Crippen LogP contribution in [0.1, 0.15) is 0 Å². The fourth-order valence-corrected chi connectivity index (χ4v) is 4.50. The van der Waals surface area contributed by atoms with Crippen LogP contribution in [0.15, 0.2) is 97.1 Å². The molecule has 0 saturated heterocycles. The van der Waals surface area contributed by atoms with Gasteiger partial charge in [0.2, 0.25) is 0 Å². The molecular weight excluding hydrogens is 390 g/mol. The number of rotatable bonds is 3. The van der Waals surface area contributed by atoms with Crippen molar-refractivity contribution in [2.45, 2.75) is 0 Å². The van der Waals surface area contributed by atoms with Crippen molar-refractivity contribution >= 4 is 32.3 Å². The topological polar surface area (TPSA) is 47.5 Å². The highest BCUT2D eigenvalue weighted by molar-refractivity contribution is 7.20. The monoisotopic (exact) mass is 406 g/mol. The largest absolute Gasteiger partial charge is 0.365 e. The SMILES string of the molecule is c1ccc(-c2nn(-c3cccc4ccccc34)[n+](-c3nc4ccccc4s3)n2)cc1. The van der Waals surface area contributed by atoms with Crippen LogP contribution in [0, 0.1) is 0 Å². The second-order valence-electron chi connectivity index (χ2n) is 6.93. The zero-order valence-corrected chi connectivity index (χ0v) is 16.7. The number of fused-ring (bicyclic) bond motifs is 2. The van der Waals surface area contributed by atoms with Gasteiger partial charge in [-0.1, -0.05) is 83.1 Å². The number of nitrogens with zero attached hydrogens (tertiary/aromatic N) is 5. The first-order chi connectivity index (χ1) is 14.9. The summed E-state index contributed by atoms with van der Waals surface area (Å²) in [4.78, 5) is 8.46. The number of para-hydroxylation sites is 1. The van der Waals surface area contributed by atoms with Crippen molar-refractivity contribution in [3.05, 3.63) is 97.1 Å². The fraction of sp³-hybridized carbons (Fsp3) is 0. The van der Waals surface area contributed by atoms with Crippen LogP contribution in [-0.2, 0) is 0 Å². The molecule has 2 heterocycles. The maximum Gasteiger partial charge on any atom is 0.365 e. The molecule has 6 heteroatoms. The Balaban J connectivity index is 1.64. The van der Waals surface area contributed by atoms with E-state index in [4.69, 9.17) is 15.2 Å². The molecule has 0 aliphatic heterocycles. The highest BCUT2D eigenvalue weighted by Gasteiger charge is 2.25. The lowest BCUT2D eigenvalue weighted by Gasteiger charge is -2.04. The molecule has 2 aromatic heterocycles. The number of hydrogen-bond donors (Lipinski definition) is 0. The Morgan fingerprint density at radius 3 is 2.40 bits per heavy atom. The normalized spacial score (nSPS) is 11.3. The molecule has 0 fully saturated rings. The molecule has 0 bridgehead atoms. The van der Waals surface area contributed by atoms with Gasteiger partial charge in [0.1, 0.15) is 5.69 Å². The van der Waals surface area contributed by atoms with E-state index < -0.39 is 0 Å². The predicted octanol–water partition coefficient (Wildman–Crippen LogP) is 4.97. The van der Waals surface area contributed by atoms with Crippen LogP contribution in [-0.4, -0.2) is 20.0 Å². The number of benzene rings is 4. The molecule has 0 aliphatic rings. The number of thiazole rings is 1. The van der Waals surface area contributed by atoms with Gasteiger partial charge in [0.15, 0.2) is 5.52 Å². The smallest absolute Gasteiger partial charge is 0.0885 e. The molecule has 6 rings (SSSR count). The highest BCUT2D eigenvalue weighted by Crippen LogP contribution is 2.25. The van der Waals surface area contributed by atoms with Gasteiger partial charge in [-0.05, 0) is 50.4 Å². The van der Waals surface area contributed by atoms with Gasteiger partial charge in [0.05, 0.1) is 4.70 Å². The maximum atomic E-state index is 4.88. The average molecular weight is 406 g/mol. The van der Waals surface area contributed by atoms with Gasteiger partial charge in [-0.25, -0.2) is 0 Å². The third kappa shape index (κ3) is 2.77. The van der Waals surface area contributed by atoms with E-state index in [0.29, 0.717) is 5.82 Å². The molecule has 4 aromatic carbocycles. The Labute approximate surface area is 176 Å². The van der Waals surface area contributed by atoms with Crippen LogP contribution in [0.25, 0.3) is 43.2 Å². The summed E-state index contributed by atoms with van der Waals surface area (Å²) in [6, 6.07) is 32.7. The van der Waals surface area contributed by atoms with Crippen LogP contribution in [0.2, 0.25) is 0 Å². The van der Waals surface area contributed by atoms with Gasteiger partial charge < -0.3 is 0 Å². The minimum Gasteiger partial charge on any atom is -0.0885 e. The molecule has 5 nitrogen and oxygen atoms in total. The van der Waals surface area contributed by atoms with Crippen LogP contribution in [0.5, 0.6) is 0 Å². The Morgan fingerprint density at radius 2 is 1.50 bits per heavy atom. The van der Waals surface area contributed by atoms with Gasteiger partial charge >= 0.3 is 5.13 Å². The molecule has 0 atom stereocenters. The number of aromatic nitrogens is 5. The molecule has 0 spiro atoms. The van der Waals surface area contributed by atoms with Crippen molar-refractivity contribution in [3.63, 3.8) is 0 Å². The van der Waals surface area contributed by atoms with Crippen molar-refractivity contribution in [2.75, 3.05) is 0 Å². The Hall–Kier alpha value is -3.90. The maximum absolute atomic E-state index is 4.88. The van der Waals surface area contributed by atoms with E-state index in [1.54, 1.807) is 16.1 Å². The molecule has 6 aromatic rings. The van der Waals surface area contributed by atoms with E-state index in [1.165, 1.54) is 0 Å². The van der Waals surface area contributed by atoms with Crippen LogP contribution < -0.4 is 4.80 Å². The first kappa shape index (κ1) is 17.0. The standard InChI is InChI=1S/C24H16N5S/c1-2-10-18(11-3-1)23-26-28(21-15-8-12-17-9-4-5-13-19(17)21)29(27-23)24-25-20-14-6-7-16-22(20)30-24/h1-16H/q+1. The Bertz CT molecular complexity index is 1460. The summed E-state index contributed by atoms with van der Waals surface area (Å²) in [5, 5.41) is 12.8. The Kier molecular flexibility index (Phi) is 3.89. The number of hydrogen-bond acceptors (Lipinski definition) is 4.